The molecule has 0 amide bonds. The highest BCUT2D eigenvalue weighted by atomic mass is 32.3. The zero-order chi connectivity index (χ0) is 11.2. The van der Waals surface area contributed by atoms with Gasteiger partial charge in [0.1, 0.15) is 0 Å². The fourth-order valence-electron chi connectivity index (χ4n) is 1.27. The van der Waals surface area contributed by atoms with Gasteiger partial charge in [-0.25, -0.2) is 4.89 Å². The van der Waals surface area contributed by atoms with E-state index in [9.17, 15) is 8.42 Å². The van der Waals surface area contributed by atoms with E-state index in [0.717, 1.165) is 19.3 Å². The number of rotatable bonds is 7. The lowest BCUT2D eigenvalue weighted by Gasteiger charge is -2.28. The zero-order valence-corrected chi connectivity index (χ0v) is 9.63. The number of hydrogen-bond acceptors (Lipinski definition) is 4. The van der Waals surface area contributed by atoms with E-state index in [4.69, 9.17) is 4.55 Å². The average Bonchev–Trinajstić information content (AvgIpc) is 2.11. The smallest absolute Gasteiger partial charge is 0.262 e. The summed E-state index contributed by atoms with van der Waals surface area (Å²) in [5.41, 5.74) is -0.0787. The minimum Gasteiger partial charge on any atom is -0.262 e. The summed E-state index contributed by atoms with van der Waals surface area (Å²) in [7, 11) is -4.49. The molecule has 1 N–H and O–H groups in total. The standard InChI is InChI=1S/C8H18O5S/c1-4-8(5-2,6-3)7-12-13-14(9,10)11/h4-7H2,1-3H3,(H,9,10,11). The van der Waals surface area contributed by atoms with Gasteiger partial charge in [0.2, 0.25) is 0 Å². The fraction of sp³-hybridized carbons (Fsp3) is 1.00. The maximum atomic E-state index is 10.2. The van der Waals surface area contributed by atoms with E-state index >= 15 is 0 Å². The molecule has 0 aromatic heterocycles. The highest BCUT2D eigenvalue weighted by molar-refractivity contribution is 7.80. The van der Waals surface area contributed by atoms with Crippen LogP contribution in [0.15, 0.2) is 0 Å². The fourth-order valence-corrected chi connectivity index (χ4v) is 1.44. The molecule has 0 saturated carbocycles. The molecule has 0 atom stereocenters. The molecule has 86 valence electrons. The maximum absolute atomic E-state index is 10.2. The Morgan fingerprint density at radius 1 is 1.14 bits per heavy atom. The van der Waals surface area contributed by atoms with E-state index in [-0.39, 0.29) is 12.0 Å². The molecule has 0 unspecified atom stereocenters. The third-order valence-electron chi connectivity index (χ3n) is 2.75. The Morgan fingerprint density at radius 2 is 1.57 bits per heavy atom. The molecular weight excluding hydrogens is 208 g/mol. The summed E-state index contributed by atoms with van der Waals surface area (Å²) < 4.78 is 32.5. The molecule has 0 aliphatic heterocycles. The van der Waals surface area contributed by atoms with Crippen molar-refractivity contribution >= 4 is 10.4 Å². The lowest BCUT2D eigenvalue weighted by Crippen LogP contribution is -2.25. The Balaban J connectivity index is 4.08. The van der Waals surface area contributed by atoms with Crippen LogP contribution in [-0.4, -0.2) is 19.6 Å². The van der Waals surface area contributed by atoms with Crippen LogP contribution in [0.25, 0.3) is 0 Å². The molecule has 0 aliphatic carbocycles. The Labute approximate surface area is 85.3 Å². The largest absolute Gasteiger partial charge is 0.424 e. The van der Waals surface area contributed by atoms with E-state index in [2.05, 4.69) is 9.22 Å². The van der Waals surface area contributed by atoms with Crippen molar-refractivity contribution in [2.24, 2.45) is 5.41 Å². The van der Waals surface area contributed by atoms with E-state index in [0.29, 0.717) is 0 Å². The van der Waals surface area contributed by atoms with Crippen LogP contribution in [-0.2, 0) is 19.6 Å². The van der Waals surface area contributed by atoms with Crippen molar-refractivity contribution in [1.82, 2.24) is 0 Å². The van der Waals surface area contributed by atoms with Crippen LogP contribution in [0.4, 0.5) is 0 Å². The Hall–Kier alpha value is -0.170. The monoisotopic (exact) mass is 226 g/mol. The maximum Gasteiger partial charge on any atom is 0.424 e. The van der Waals surface area contributed by atoms with Gasteiger partial charge < -0.3 is 0 Å². The molecule has 0 spiro atoms. The molecular formula is C8H18O5S. The second kappa shape index (κ2) is 5.65. The summed E-state index contributed by atoms with van der Waals surface area (Å²) in [6.07, 6.45) is 2.61. The highest BCUT2D eigenvalue weighted by Crippen LogP contribution is 2.30. The summed E-state index contributed by atoms with van der Waals surface area (Å²) in [5, 5.41) is 0. The molecule has 0 heterocycles. The van der Waals surface area contributed by atoms with E-state index in [1.165, 1.54) is 0 Å². The van der Waals surface area contributed by atoms with Crippen LogP contribution in [0.2, 0.25) is 0 Å². The van der Waals surface area contributed by atoms with E-state index in [1.54, 1.807) is 0 Å². The van der Waals surface area contributed by atoms with Crippen molar-refractivity contribution in [3.8, 4) is 0 Å². The summed E-state index contributed by atoms with van der Waals surface area (Å²) in [6, 6.07) is 0. The van der Waals surface area contributed by atoms with Gasteiger partial charge in [-0.1, -0.05) is 25.1 Å². The molecule has 0 rings (SSSR count). The third-order valence-corrected chi connectivity index (χ3v) is 3.02. The molecule has 14 heavy (non-hydrogen) atoms. The van der Waals surface area contributed by atoms with Crippen LogP contribution >= 0.6 is 0 Å². The van der Waals surface area contributed by atoms with Crippen molar-refractivity contribution in [2.75, 3.05) is 6.61 Å². The normalized spacial score (nSPS) is 13.1. The quantitative estimate of drug-likeness (QED) is 0.408. The molecule has 5 nitrogen and oxygen atoms in total. The predicted octanol–water partition coefficient (Wildman–Crippen LogP) is 1.95. The first kappa shape index (κ1) is 13.8. The van der Waals surface area contributed by atoms with E-state index < -0.39 is 10.4 Å². The predicted molar refractivity (Wildman–Crippen MR) is 51.9 cm³/mol. The van der Waals surface area contributed by atoms with Gasteiger partial charge in [-0.05, 0) is 24.7 Å². The molecule has 0 aliphatic rings. The minimum atomic E-state index is -4.49. The summed E-state index contributed by atoms with van der Waals surface area (Å²) in [5.74, 6) is 0. The first-order chi connectivity index (χ1) is 6.39. The number of hydrogen-bond donors (Lipinski definition) is 1. The van der Waals surface area contributed by atoms with Gasteiger partial charge in [0.15, 0.2) is 0 Å². The minimum absolute atomic E-state index is 0.0787. The van der Waals surface area contributed by atoms with Gasteiger partial charge in [-0.3, -0.25) is 4.55 Å². The second-order valence-corrected chi connectivity index (χ2v) is 4.31. The first-order valence-electron chi connectivity index (χ1n) is 4.67. The molecule has 0 radical (unpaired) electrons. The van der Waals surface area contributed by atoms with Crippen molar-refractivity contribution in [3.05, 3.63) is 0 Å². The van der Waals surface area contributed by atoms with Crippen LogP contribution in [0, 0.1) is 5.41 Å². The topological polar surface area (TPSA) is 72.8 Å². The van der Waals surface area contributed by atoms with Crippen molar-refractivity contribution in [1.29, 1.82) is 0 Å². The van der Waals surface area contributed by atoms with Gasteiger partial charge in [-0.2, -0.15) is 8.42 Å². The van der Waals surface area contributed by atoms with Gasteiger partial charge >= 0.3 is 10.4 Å². The molecule has 0 aromatic rings. The Bertz CT molecular complexity index is 234. The van der Waals surface area contributed by atoms with Crippen molar-refractivity contribution < 1.29 is 22.2 Å². The average molecular weight is 226 g/mol. The lowest BCUT2D eigenvalue weighted by molar-refractivity contribution is -0.231. The van der Waals surface area contributed by atoms with Crippen LogP contribution in [0.3, 0.4) is 0 Å². The van der Waals surface area contributed by atoms with E-state index in [1.807, 2.05) is 20.8 Å². The molecule has 0 bridgehead atoms. The Morgan fingerprint density at radius 3 is 1.86 bits per heavy atom. The van der Waals surface area contributed by atoms with Crippen molar-refractivity contribution in [2.45, 2.75) is 40.0 Å². The SMILES string of the molecule is CCC(CC)(CC)COOS(=O)(=O)O. The molecule has 0 saturated heterocycles. The third kappa shape index (κ3) is 4.90. The van der Waals surface area contributed by atoms with Crippen molar-refractivity contribution in [3.63, 3.8) is 0 Å². The highest BCUT2D eigenvalue weighted by Gasteiger charge is 2.25. The molecule has 0 aromatic carbocycles. The summed E-state index contributed by atoms with van der Waals surface area (Å²) in [6.45, 7) is 6.17. The van der Waals surface area contributed by atoms with Crippen LogP contribution in [0.5, 0.6) is 0 Å². The lowest BCUT2D eigenvalue weighted by atomic mass is 9.81. The summed E-state index contributed by atoms with van der Waals surface area (Å²) in [4.78, 5) is 4.50. The molecule has 0 fully saturated rings. The zero-order valence-electron chi connectivity index (χ0n) is 8.82. The van der Waals surface area contributed by atoms with Crippen LogP contribution < -0.4 is 0 Å². The van der Waals surface area contributed by atoms with Gasteiger partial charge in [0.05, 0.1) is 6.61 Å². The summed E-state index contributed by atoms with van der Waals surface area (Å²) >= 11 is 0. The molecule has 6 heteroatoms. The van der Waals surface area contributed by atoms with Gasteiger partial charge in [0, 0.05) is 0 Å². The van der Waals surface area contributed by atoms with Gasteiger partial charge in [-0.15, -0.1) is 0 Å². The first-order valence-corrected chi connectivity index (χ1v) is 6.04. The van der Waals surface area contributed by atoms with Crippen LogP contribution in [0.1, 0.15) is 40.0 Å². The Kier molecular flexibility index (Phi) is 5.58. The van der Waals surface area contributed by atoms with Gasteiger partial charge in [0.25, 0.3) is 0 Å². The second-order valence-electron chi connectivity index (χ2n) is 3.32.